The van der Waals surface area contributed by atoms with Crippen LogP contribution in [0.25, 0.3) is 0 Å². The number of aliphatic hydroxyl groups excluding tert-OH is 1. The lowest BCUT2D eigenvalue weighted by Gasteiger charge is -2.20. The summed E-state index contributed by atoms with van der Waals surface area (Å²) in [6.07, 6.45) is -3.16. The highest BCUT2D eigenvalue weighted by molar-refractivity contribution is 5.49. The minimum atomic E-state index is -4.41. The first-order chi connectivity index (χ1) is 7.48. The average molecular weight is 232 g/mol. The highest BCUT2D eigenvalue weighted by Gasteiger charge is 2.36. The van der Waals surface area contributed by atoms with Crippen molar-refractivity contribution in [1.82, 2.24) is 4.98 Å². The largest absolute Gasteiger partial charge is 0.419 e. The lowest BCUT2D eigenvalue weighted by Crippen LogP contribution is -2.25. The first kappa shape index (κ1) is 11.2. The molecule has 0 bridgehead atoms. The number of aromatic nitrogens is 1. The monoisotopic (exact) mass is 232 g/mol. The molecule has 1 aliphatic heterocycles. The molecule has 88 valence electrons. The number of rotatable bonds is 1. The molecule has 2 rings (SSSR count). The van der Waals surface area contributed by atoms with Gasteiger partial charge in [-0.25, -0.2) is 4.98 Å². The van der Waals surface area contributed by atoms with E-state index < -0.39 is 17.8 Å². The molecule has 1 N–H and O–H groups in total. The number of alkyl halides is 3. The number of β-amino-alcohol motifs (C(OH)–C–C–N with tert-alkyl or cyclic N) is 1. The standard InChI is InChI=1S/C10H11F3N2O/c11-10(12,13)8-2-1-4-14-9(8)15-5-3-7(16)6-15/h1-2,4,7,16H,3,5-6H2/t7-/m0/s1. The van der Waals surface area contributed by atoms with E-state index in [1.165, 1.54) is 17.2 Å². The molecule has 0 unspecified atom stereocenters. The highest BCUT2D eigenvalue weighted by Crippen LogP contribution is 2.36. The first-order valence-electron chi connectivity index (χ1n) is 4.93. The minimum absolute atomic E-state index is 0.0912. The van der Waals surface area contributed by atoms with Crippen molar-refractivity contribution in [3.05, 3.63) is 23.9 Å². The van der Waals surface area contributed by atoms with Gasteiger partial charge in [0, 0.05) is 19.3 Å². The summed E-state index contributed by atoms with van der Waals surface area (Å²) in [4.78, 5) is 5.22. The summed E-state index contributed by atoms with van der Waals surface area (Å²) in [5.74, 6) is -0.0912. The molecule has 3 nitrogen and oxygen atoms in total. The van der Waals surface area contributed by atoms with E-state index in [4.69, 9.17) is 0 Å². The van der Waals surface area contributed by atoms with Gasteiger partial charge in [-0.2, -0.15) is 13.2 Å². The summed E-state index contributed by atoms with van der Waals surface area (Å²) in [5, 5.41) is 9.30. The van der Waals surface area contributed by atoms with Gasteiger partial charge < -0.3 is 10.0 Å². The Morgan fingerprint density at radius 3 is 2.75 bits per heavy atom. The van der Waals surface area contributed by atoms with Gasteiger partial charge in [-0.3, -0.25) is 0 Å². The van der Waals surface area contributed by atoms with Crippen LogP contribution in [0.4, 0.5) is 19.0 Å². The normalized spacial score (nSPS) is 21.5. The molecular weight excluding hydrogens is 221 g/mol. The summed E-state index contributed by atoms with van der Waals surface area (Å²) in [6, 6.07) is 2.27. The molecular formula is C10H11F3N2O. The second-order valence-corrected chi connectivity index (χ2v) is 3.76. The van der Waals surface area contributed by atoms with Crippen LogP contribution >= 0.6 is 0 Å². The number of nitrogens with zero attached hydrogens (tertiary/aromatic N) is 2. The fraction of sp³-hybridized carbons (Fsp3) is 0.500. The Morgan fingerprint density at radius 2 is 2.19 bits per heavy atom. The third kappa shape index (κ3) is 2.11. The number of halogens is 3. The van der Waals surface area contributed by atoms with E-state index in [-0.39, 0.29) is 12.4 Å². The Morgan fingerprint density at radius 1 is 1.44 bits per heavy atom. The molecule has 1 atom stereocenters. The zero-order chi connectivity index (χ0) is 11.8. The third-order valence-corrected chi connectivity index (χ3v) is 2.55. The molecule has 0 amide bonds. The second-order valence-electron chi connectivity index (χ2n) is 3.76. The van der Waals surface area contributed by atoms with Crippen LogP contribution in [-0.2, 0) is 6.18 Å². The molecule has 6 heteroatoms. The van der Waals surface area contributed by atoms with E-state index in [2.05, 4.69) is 4.98 Å². The van der Waals surface area contributed by atoms with Gasteiger partial charge in [0.2, 0.25) is 0 Å². The topological polar surface area (TPSA) is 36.4 Å². The maximum Gasteiger partial charge on any atom is 0.419 e. The highest BCUT2D eigenvalue weighted by atomic mass is 19.4. The number of aliphatic hydroxyl groups is 1. The van der Waals surface area contributed by atoms with E-state index in [1.807, 2.05) is 0 Å². The van der Waals surface area contributed by atoms with Crippen molar-refractivity contribution in [3.8, 4) is 0 Å². The second kappa shape index (κ2) is 3.93. The van der Waals surface area contributed by atoms with E-state index in [0.717, 1.165) is 6.07 Å². The Bertz CT molecular complexity index is 381. The molecule has 0 saturated carbocycles. The van der Waals surface area contributed by atoms with E-state index in [9.17, 15) is 18.3 Å². The smallest absolute Gasteiger partial charge is 0.391 e. The predicted molar refractivity (Wildman–Crippen MR) is 52.1 cm³/mol. The number of anilines is 1. The maximum absolute atomic E-state index is 12.7. The lowest BCUT2D eigenvalue weighted by molar-refractivity contribution is -0.137. The Labute approximate surface area is 90.5 Å². The van der Waals surface area contributed by atoms with Crippen molar-refractivity contribution >= 4 is 5.82 Å². The van der Waals surface area contributed by atoms with Crippen LogP contribution in [0.3, 0.4) is 0 Å². The van der Waals surface area contributed by atoms with E-state index >= 15 is 0 Å². The summed E-state index contributed by atoms with van der Waals surface area (Å²) in [6.45, 7) is 0.612. The van der Waals surface area contributed by atoms with Crippen molar-refractivity contribution in [3.63, 3.8) is 0 Å². The van der Waals surface area contributed by atoms with Crippen molar-refractivity contribution in [1.29, 1.82) is 0 Å². The fourth-order valence-corrected chi connectivity index (χ4v) is 1.80. The van der Waals surface area contributed by atoms with Gasteiger partial charge in [0.05, 0.1) is 11.7 Å². The maximum atomic E-state index is 12.7. The zero-order valence-corrected chi connectivity index (χ0v) is 8.41. The Balaban J connectivity index is 2.34. The van der Waals surface area contributed by atoms with Crippen LogP contribution in [0.2, 0.25) is 0 Å². The van der Waals surface area contributed by atoms with Crippen LogP contribution in [0.1, 0.15) is 12.0 Å². The molecule has 0 radical (unpaired) electrons. The Kier molecular flexibility index (Phi) is 2.75. The predicted octanol–water partition coefficient (Wildman–Crippen LogP) is 1.67. The first-order valence-corrected chi connectivity index (χ1v) is 4.93. The van der Waals surface area contributed by atoms with Crippen LogP contribution in [0.15, 0.2) is 18.3 Å². The van der Waals surface area contributed by atoms with Crippen molar-refractivity contribution in [2.45, 2.75) is 18.7 Å². The summed E-state index contributed by atoms with van der Waals surface area (Å²) < 4.78 is 38.0. The van der Waals surface area contributed by atoms with Gasteiger partial charge in [0.25, 0.3) is 0 Å². The van der Waals surface area contributed by atoms with Gasteiger partial charge in [-0.15, -0.1) is 0 Å². The summed E-state index contributed by atoms with van der Waals surface area (Å²) >= 11 is 0. The van der Waals surface area contributed by atoms with Crippen LogP contribution < -0.4 is 4.90 Å². The third-order valence-electron chi connectivity index (χ3n) is 2.55. The zero-order valence-electron chi connectivity index (χ0n) is 8.41. The molecule has 1 aliphatic rings. The number of hydrogen-bond donors (Lipinski definition) is 1. The molecule has 1 aromatic rings. The van der Waals surface area contributed by atoms with E-state index in [0.29, 0.717) is 13.0 Å². The van der Waals surface area contributed by atoms with Crippen LogP contribution in [-0.4, -0.2) is 29.3 Å². The SMILES string of the molecule is O[C@H]1CCN(c2ncccc2C(F)(F)F)C1. The molecule has 0 aromatic carbocycles. The Hall–Kier alpha value is -1.30. The van der Waals surface area contributed by atoms with Crippen molar-refractivity contribution < 1.29 is 18.3 Å². The van der Waals surface area contributed by atoms with Gasteiger partial charge >= 0.3 is 6.18 Å². The lowest BCUT2D eigenvalue weighted by atomic mass is 10.2. The quantitative estimate of drug-likeness (QED) is 0.800. The molecule has 0 spiro atoms. The summed E-state index contributed by atoms with van der Waals surface area (Å²) in [7, 11) is 0. The molecule has 16 heavy (non-hydrogen) atoms. The fourth-order valence-electron chi connectivity index (χ4n) is 1.80. The molecule has 1 aromatic heterocycles. The molecule has 0 aliphatic carbocycles. The molecule has 2 heterocycles. The van der Waals surface area contributed by atoms with Crippen molar-refractivity contribution in [2.24, 2.45) is 0 Å². The van der Waals surface area contributed by atoms with Gasteiger partial charge in [0.1, 0.15) is 5.82 Å². The average Bonchev–Trinajstić information content (AvgIpc) is 2.64. The summed E-state index contributed by atoms with van der Waals surface area (Å²) in [5.41, 5.74) is -0.746. The van der Waals surface area contributed by atoms with Gasteiger partial charge in [-0.1, -0.05) is 0 Å². The van der Waals surface area contributed by atoms with Crippen molar-refractivity contribution in [2.75, 3.05) is 18.0 Å². The van der Waals surface area contributed by atoms with Crippen LogP contribution in [0, 0.1) is 0 Å². The van der Waals surface area contributed by atoms with Crippen LogP contribution in [0.5, 0.6) is 0 Å². The molecule has 1 fully saturated rings. The van der Waals surface area contributed by atoms with Gasteiger partial charge in [0.15, 0.2) is 0 Å². The number of pyridine rings is 1. The van der Waals surface area contributed by atoms with E-state index in [1.54, 1.807) is 0 Å². The minimum Gasteiger partial charge on any atom is -0.391 e. The van der Waals surface area contributed by atoms with Gasteiger partial charge in [-0.05, 0) is 18.6 Å². The number of hydrogen-bond acceptors (Lipinski definition) is 3. The molecule has 1 saturated heterocycles.